The molecule has 0 amide bonds. The number of likely N-dealkylation sites (tertiary alicyclic amines) is 1. The van der Waals surface area contributed by atoms with Crippen LogP contribution < -0.4 is 0 Å². The lowest BCUT2D eigenvalue weighted by Gasteiger charge is -2.29. The van der Waals surface area contributed by atoms with Crippen LogP contribution in [0.1, 0.15) is 103 Å². The second kappa shape index (κ2) is 13.0. The zero-order valence-corrected chi connectivity index (χ0v) is 23.8. The Labute approximate surface area is 219 Å². The Morgan fingerprint density at radius 1 is 0.914 bits per heavy atom. The molecule has 1 aromatic heterocycles. The van der Waals surface area contributed by atoms with Gasteiger partial charge in [0.05, 0.1) is 10.5 Å². The van der Waals surface area contributed by atoms with E-state index < -0.39 is 0 Å². The standard InChI is InChI=1S/C31H46N2OS/c1-7-8-9-10-11-12-13-14-15-16-17-27(34)33-30-25(5)23(3)22(2)24(4)28(30)29(31(33)35)26-18-20-32(6)21-19-26/h7-10,26,35H,11-21H2,1-6H3/b8-7-,10-9-. The maximum absolute atomic E-state index is 13.6. The third kappa shape index (κ3) is 6.32. The first-order valence-corrected chi connectivity index (χ1v) is 14.1. The van der Waals surface area contributed by atoms with Crippen LogP contribution in [0.3, 0.4) is 0 Å². The second-order valence-corrected chi connectivity index (χ2v) is 11.0. The van der Waals surface area contributed by atoms with Gasteiger partial charge in [0.1, 0.15) is 0 Å². The van der Waals surface area contributed by atoms with Crippen LogP contribution in [0.4, 0.5) is 0 Å². The van der Waals surface area contributed by atoms with Gasteiger partial charge in [-0.1, -0.05) is 43.6 Å². The van der Waals surface area contributed by atoms with Gasteiger partial charge in [-0.3, -0.25) is 9.36 Å². The zero-order chi connectivity index (χ0) is 25.5. The molecular weight excluding hydrogens is 448 g/mol. The van der Waals surface area contributed by atoms with Gasteiger partial charge in [0.15, 0.2) is 0 Å². The Balaban J connectivity index is 1.78. The average Bonchev–Trinajstić information content (AvgIpc) is 3.16. The fraction of sp³-hybridized carbons (Fsp3) is 0.581. The molecule has 0 N–H and O–H groups in total. The molecule has 35 heavy (non-hydrogen) atoms. The van der Waals surface area contributed by atoms with Crippen molar-refractivity contribution in [2.75, 3.05) is 20.1 Å². The number of aryl methyl sites for hydroxylation is 2. The number of rotatable bonds is 10. The van der Waals surface area contributed by atoms with Crippen molar-refractivity contribution in [3.8, 4) is 0 Å². The number of hydrogen-bond acceptors (Lipinski definition) is 3. The molecule has 0 atom stereocenters. The van der Waals surface area contributed by atoms with Crippen LogP contribution in [-0.4, -0.2) is 35.5 Å². The van der Waals surface area contributed by atoms with Crippen molar-refractivity contribution in [3.63, 3.8) is 0 Å². The maximum Gasteiger partial charge on any atom is 0.231 e. The molecule has 1 fully saturated rings. The predicted octanol–water partition coefficient (Wildman–Crippen LogP) is 8.48. The normalized spacial score (nSPS) is 15.9. The van der Waals surface area contributed by atoms with Crippen molar-refractivity contribution < 1.29 is 4.79 Å². The number of benzene rings is 1. The third-order valence-corrected chi connectivity index (χ3v) is 8.62. The van der Waals surface area contributed by atoms with Crippen molar-refractivity contribution in [1.29, 1.82) is 0 Å². The Hall–Kier alpha value is -1.78. The van der Waals surface area contributed by atoms with Crippen LogP contribution in [0.25, 0.3) is 10.9 Å². The number of hydrogen-bond donors (Lipinski definition) is 1. The quantitative estimate of drug-likeness (QED) is 0.203. The van der Waals surface area contributed by atoms with Gasteiger partial charge in [-0.15, -0.1) is 12.6 Å². The van der Waals surface area contributed by atoms with Crippen molar-refractivity contribution in [3.05, 3.63) is 52.1 Å². The highest BCUT2D eigenvalue weighted by Crippen LogP contribution is 2.43. The number of aromatic nitrogens is 1. The molecular formula is C31H46N2OS. The van der Waals surface area contributed by atoms with Crippen LogP contribution in [0.2, 0.25) is 0 Å². The van der Waals surface area contributed by atoms with E-state index in [1.807, 2.05) is 11.5 Å². The lowest BCUT2D eigenvalue weighted by Crippen LogP contribution is -2.29. The van der Waals surface area contributed by atoms with Crippen LogP contribution in [-0.2, 0) is 0 Å². The molecule has 3 nitrogen and oxygen atoms in total. The maximum atomic E-state index is 13.6. The molecule has 1 saturated heterocycles. The fourth-order valence-corrected chi connectivity index (χ4v) is 6.14. The van der Waals surface area contributed by atoms with E-state index in [9.17, 15) is 4.79 Å². The summed E-state index contributed by atoms with van der Waals surface area (Å²) in [6.45, 7) is 13.1. The number of piperidine rings is 1. The summed E-state index contributed by atoms with van der Waals surface area (Å²) in [6, 6.07) is 0. The molecule has 2 aromatic rings. The number of allylic oxidation sites excluding steroid dienone is 4. The van der Waals surface area contributed by atoms with E-state index in [1.54, 1.807) is 0 Å². The van der Waals surface area contributed by atoms with E-state index in [1.165, 1.54) is 52.5 Å². The smallest absolute Gasteiger partial charge is 0.231 e. The van der Waals surface area contributed by atoms with Gasteiger partial charge in [-0.2, -0.15) is 0 Å². The summed E-state index contributed by atoms with van der Waals surface area (Å²) in [4.78, 5) is 16.0. The first-order valence-electron chi connectivity index (χ1n) is 13.6. The largest absolute Gasteiger partial charge is 0.306 e. The molecule has 3 rings (SSSR count). The molecule has 0 spiro atoms. The number of carbonyl (C=O) groups is 1. The van der Waals surface area contributed by atoms with Gasteiger partial charge < -0.3 is 4.90 Å². The van der Waals surface area contributed by atoms with Gasteiger partial charge in [-0.05, 0) is 121 Å². The summed E-state index contributed by atoms with van der Waals surface area (Å²) in [6.07, 6.45) is 18.2. The summed E-state index contributed by atoms with van der Waals surface area (Å²) < 4.78 is 1.98. The van der Waals surface area contributed by atoms with E-state index in [4.69, 9.17) is 12.6 Å². The summed E-state index contributed by atoms with van der Waals surface area (Å²) in [5, 5.41) is 2.19. The Morgan fingerprint density at radius 3 is 2.23 bits per heavy atom. The lowest BCUT2D eigenvalue weighted by atomic mass is 9.86. The average molecular weight is 495 g/mol. The van der Waals surface area contributed by atoms with Crippen LogP contribution in [0.15, 0.2) is 29.3 Å². The number of unbranched alkanes of at least 4 members (excludes halogenated alkanes) is 5. The zero-order valence-electron chi connectivity index (χ0n) is 22.9. The molecule has 1 aliphatic rings. The summed E-state index contributed by atoms with van der Waals surface area (Å²) >= 11 is 5.05. The number of fused-ring (bicyclic) bond motifs is 1. The highest BCUT2D eigenvalue weighted by Gasteiger charge is 2.30. The van der Waals surface area contributed by atoms with Crippen molar-refractivity contribution >= 4 is 29.4 Å². The van der Waals surface area contributed by atoms with Gasteiger partial charge in [0.2, 0.25) is 5.91 Å². The summed E-state index contributed by atoms with van der Waals surface area (Å²) in [7, 11) is 2.20. The van der Waals surface area contributed by atoms with E-state index in [0.29, 0.717) is 12.3 Å². The van der Waals surface area contributed by atoms with E-state index in [0.717, 1.165) is 55.7 Å². The molecule has 0 saturated carbocycles. The van der Waals surface area contributed by atoms with Gasteiger partial charge >= 0.3 is 0 Å². The van der Waals surface area contributed by atoms with Crippen molar-refractivity contribution in [1.82, 2.24) is 9.47 Å². The number of thiol groups is 1. The van der Waals surface area contributed by atoms with Gasteiger partial charge in [0.25, 0.3) is 0 Å². The van der Waals surface area contributed by atoms with E-state index >= 15 is 0 Å². The minimum Gasteiger partial charge on any atom is -0.306 e. The summed E-state index contributed by atoms with van der Waals surface area (Å²) in [5.41, 5.74) is 7.64. The molecule has 0 radical (unpaired) electrons. The molecule has 1 aliphatic heterocycles. The molecule has 2 heterocycles. The van der Waals surface area contributed by atoms with Gasteiger partial charge in [0, 0.05) is 11.8 Å². The van der Waals surface area contributed by atoms with Crippen LogP contribution in [0, 0.1) is 27.7 Å². The SMILES string of the molecule is C/C=C\C=C/CCCCCCCC(=O)n1c(S)c(C2CCN(C)CC2)c2c(C)c(C)c(C)c(C)c21. The summed E-state index contributed by atoms with van der Waals surface area (Å²) in [5.74, 6) is 0.677. The van der Waals surface area contributed by atoms with Crippen molar-refractivity contribution in [2.24, 2.45) is 0 Å². The van der Waals surface area contributed by atoms with Crippen molar-refractivity contribution in [2.45, 2.75) is 103 Å². The molecule has 1 aromatic carbocycles. The first-order chi connectivity index (χ1) is 16.8. The minimum atomic E-state index is 0.208. The van der Waals surface area contributed by atoms with Crippen LogP contribution >= 0.6 is 12.6 Å². The Bertz CT molecular complexity index is 1080. The second-order valence-electron chi connectivity index (χ2n) is 10.5. The first kappa shape index (κ1) is 27.8. The molecule has 4 heteroatoms. The number of carbonyl (C=O) groups excluding carboxylic acids is 1. The third-order valence-electron chi connectivity index (χ3n) is 8.18. The van der Waals surface area contributed by atoms with Crippen LogP contribution in [0.5, 0.6) is 0 Å². The van der Waals surface area contributed by atoms with E-state index in [-0.39, 0.29) is 5.91 Å². The highest BCUT2D eigenvalue weighted by molar-refractivity contribution is 7.80. The van der Waals surface area contributed by atoms with E-state index in [2.05, 4.69) is 63.9 Å². The monoisotopic (exact) mass is 494 g/mol. The molecule has 0 bridgehead atoms. The molecule has 192 valence electrons. The molecule has 0 unspecified atom stereocenters. The Kier molecular flexibility index (Phi) is 10.3. The minimum absolute atomic E-state index is 0.208. The Morgan fingerprint density at radius 2 is 1.54 bits per heavy atom. The fourth-order valence-electron chi connectivity index (χ4n) is 5.63. The number of nitrogens with zero attached hydrogens (tertiary/aromatic N) is 2. The highest BCUT2D eigenvalue weighted by atomic mass is 32.1. The molecule has 0 aliphatic carbocycles. The van der Waals surface area contributed by atoms with Gasteiger partial charge in [-0.25, -0.2) is 0 Å². The predicted molar refractivity (Wildman–Crippen MR) is 155 cm³/mol. The lowest BCUT2D eigenvalue weighted by molar-refractivity contribution is 0.0894. The topological polar surface area (TPSA) is 25.2 Å².